The molecule has 5 nitrogen and oxygen atoms in total. The van der Waals surface area contributed by atoms with Gasteiger partial charge in [-0.25, -0.2) is 0 Å². The van der Waals surface area contributed by atoms with E-state index in [0.717, 1.165) is 17.7 Å². The van der Waals surface area contributed by atoms with Crippen molar-refractivity contribution in [3.63, 3.8) is 0 Å². The summed E-state index contributed by atoms with van der Waals surface area (Å²) in [5.41, 5.74) is 0.835. The zero-order valence-corrected chi connectivity index (χ0v) is 13.9. The van der Waals surface area contributed by atoms with Crippen molar-refractivity contribution in [2.75, 3.05) is 0 Å². The van der Waals surface area contributed by atoms with Crippen molar-refractivity contribution in [3.05, 3.63) is 65.1 Å². The van der Waals surface area contributed by atoms with Gasteiger partial charge in [-0.15, -0.1) is 0 Å². The highest BCUT2D eigenvalue weighted by atomic mass is 35.5. The normalized spacial score (nSPS) is 17.5. The van der Waals surface area contributed by atoms with E-state index in [1.165, 1.54) is 13.0 Å². The first kappa shape index (κ1) is 16.9. The van der Waals surface area contributed by atoms with Gasteiger partial charge in [0, 0.05) is 16.7 Å². The number of allylic oxidation sites excluding steroid dienone is 3. The Labute approximate surface area is 148 Å². The first-order chi connectivity index (χ1) is 11.9. The van der Waals surface area contributed by atoms with Crippen molar-refractivity contribution in [1.82, 2.24) is 0 Å². The number of rotatable bonds is 4. The summed E-state index contributed by atoms with van der Waals surface area (Å²) in [5, 5.41) is 0.620. The molecule has 2 heterocycles. The highest BCUT2D eigenvalue weighted by Crippen LogP contribution is 2.24. The van der Waals surface area contributed by atoms with E-state index in [-0.39, 0.29) is 5.76 Å². The van der Waals surface area contributed by atoms with Crippen LogP contribution in [-0.2, 0) is 19.1 Å². The fourth-order valence-corrected chi connectivity index (χ4v) is 2.50. The Hall–Kier alpha value is -2.92. The maximum Gasteiger partial charge on any atom is 0.329 e. The Bertz CT molecular complexity index is 902. The number of halogens is 1. The molecule has 0 amide bonds. The molecule has 3 rings (SSSR count). The Kier molecular flexibility index (Phi) is 4.67. The van der Waals surface area contributed by atoms with Gasteiger partial charge in [-0.2, -0.15) is 0 Å². The quantitative estimate of drug-likeness (QED) is 0.473. The van der Waals surface area contributed by atoms with Crippen LogP contribution in [0.2, 0.25) is 5.02 Å². The number of hydrogen-bond acceptors (Lipinski definition) is 5. The molecule has 1 aliphatic rings. The van der Waals surface area contributed by atoms with Crippen molar-refractivity contribution in [2.45, 2.75) is 6.92 Å². The van der Waals surface area contributed by atoms with Crippen LogP contribution in [0.4, 0.5) is 0 Å². The zero-order valence-electron chi connectivity index (χ0n) is 13.2. The van der Waals surface area contributed by atoms with Crippen LogP contribution in [0.5, 0.6) is 0 Å². The molecular formula is C19H13ClO5. The number of hydrogen-bond donors (Lipinski definition) is 0. The summed E-state index contributed by atoms with van der Waals surface area (Å²) in [6.45, 7) is 1.48. The largest absolute Gasteiger partial charge is 0.457 e. The molecule has 1 aromatic carbocycles. The lowest BCUT2D eigenvalue weighted by Crippen LogP contribution is -2.34. The summed E-state index contributed by atoms with van der Waals surface area (Å²) < 4.78 is 10.4. The second-order valence-electron chi connectivity index (χ2n) is 5.46. The minimum absolute atomic E-state index is 0.182. The van der Waals surface area contributed by atoms with Crippen molar-refractivity contribution < 1.29 is 23.5 Å². The Morgan fingerprint density at radius 3 is 2.52 bits per heavy atom. The Balaban J connectivity index is 1.74. The van der Waals surface area contributed by atoms with Gasteiger partial charge in [0.05, 0.1) is 0 Å². The van der Waals surface area contributed by atoms with E-state index in [1.807, 2.05) is 12.1 Å². The number of esters is 1. The molecule has 1 atom stereocenters. The molecule has 0 radical (unpaired) electrons. The van der Waals surface area contributed by atoms with E-state index >= 15 is 0 Å². The fraction of sp³-hybridized carbons (Fsp3) is 0.105. The van der Waals surface area contributed by atoms with Crippen LogP contribution in [0.1, 0.15) is 12.7 Å². The molecule has 0 N–H and O–H groups in total. The van der Waals surface area contributed by atoms with Crippen LogP contribution in [-0.4, -0.2) is 17.5 Å². The molecule has 1 unspecified atom stereocenters. The molecule has 2 aromatic rings. The predicted octanol–water partition coefficient (Wildman–Crippen LogP) is 3.83. The van der Waals surface area contributed by atoms with Gasteiger partial charge in [0.1, 0.15) is 17.3 Å². The maximum atomic E-state index is 12.1. The number of cyclic esters (lactones) is 1. The van der Waals surface area contributed by atoms with Crippen molar-refractivity contribution in [1.29, 1.82) is 0 Å². The molecular weight excluding hydrogens is 344 g/mol. The molecule has 1 aromatic heterocycles. The van der Waals surface area contributed by atoms with Gasteiger partial charge >= 0.3 is 5.97 Å². The van der Waals surface area contributed by atoms with Crippen LogP contribution in [0, 0.1) is 5.92 Å². The number of ether oxygens (including phenoxy) is 1. The summed E-state index contributed by atoms with van der Waals surface area (Å²) in [7, 11) is 0. The lowest BCUT2D eigenvalue weighted by Gasteiger charge is -2.15. The molecule has 1 aliphatic heterocycles. The fourth-order valence-electron chi connectivity index (χ4n) is 2.38. The van der Waals surface area contributed by atoms with Gasteiger partial charge < -0.3 is 9.15 Å². The van der Waals surface area contributed by atoms with Crippen molar-refractivity contribution in [3.8, 4) is 11.3 Å². The molecule has 0 fully saturated rings. The SMILES string of the molecule is CC1=CC(=O)C(C(=O)C=Cc2ccc(-c3ccc(Cl)cc3)o2)C(=O)O1. The average molecular weight is 357 g/mol. The van der Waals surface area contributed by atoms with Crippen molar-refractivity contribution >= 4 is 35.2 Å². The summed E-state index contributed by atoms with van der Waals surface area (Å²) in [4.78, 5) is 35.6. The Morgan fingerprint density at radius 2 is 1.84 bits per heavy atom. The third-order valence-corrected chi connectivity index (χ3v) is 3.83. The van der Waals surface area contributed by atoms with Crippen LogP contribution in [0.15, 0.2) is 58.7 Å². The first-order valence-electron chi connectivity index (χ1n) is 7.45. The van der Waals surface area contributed by atoms with Gasteiger partial charge in [-0.1, -0.05) is 11.6 Å². The molecule has 0 saturated heterocycles. The summed E-state index contributed by atoms with van der Waals surface area (Å²) in [6, 6.07) is 10.5. The van der Waals surface area contributed by atoms with Gasteiger partial charge in [0.15, 0.2) is 17.5 Å². The van der Waals surface area contributed by atoms with E-state index in [9.17, 15) is 14.4 Å². The van der Waals surface area contributed by atoms with Crippen LogP contribution < -0.4 is 0 Å². The number of carbonyl (C=O) groups is 3. The topological polar surface area (TPSA) is 73.6 Å². The second kappa shape index (κ2) is 6.91. The number of benzene rings is 1. The molecule has 0 bridgehead atoms. The highest BCUT2D eigenvalue weighted by Gasteiger charge is 2.36. The third-order valence-electron chi connectivity index (χ3n) is 3.58. The third kappa shape index (κ3) is 3.78. The van der Waals surface area contributed by atoms with Gasteiger partial charge in [-0.05, 0) is 55.5 Å². The van der Waals surface area contributed by atoms with E-state index in [4.69, 9.17) is 20.8 Å². The lowest BCUT2D eigenvalue weighted by atomic mass is 9.96. The number of furan rings is 1. The number of carbonyl (C=O) groups excluding carboxylic acids is 3. The minimum Gasteiger partial charge on any atom is -0.457 e. The van der Waals surface area contributed by atoms with Crippen LogP contribution in [0.3, 0.4) is 0 Å². The molecule has 25 heavy (non-hydrogen) atoms. The molecule has 0 aliphatic carbocycles. The second-order valence-corrected chi connectivity index (χ2v) is 5.89. The lowest BCUT2D eigenvalue weighted by molar-refractivity contribution is -0.151. The first-order valence-corrected chi connectivity index (χ1v) is 7.83. The van der Waals surface area contributed by atoms with E-state index in [0.29, 0.717) is 16.5 Å². The van der Waals surface area contributed by atoms with Gasteiger partial charge in [0.2, 0.25) is 0 Å². The van der Waals surface area contributed by atoms with Gasteiger partial charge in [-0.3, -0.25) is 14.4 Å². The van der Waals surface area contributed by atoms with Gasteiger partial charge in [0.25, 0.3) is 0 Å². The predicted molar refractivity (Wildman–Crippen MR) is 91.5 cm³/mol. The minimum atomic E-state index is -1.45. The molecule has 6 heteroatoms. The maximum absolute atomic E-state index is 12.1. The number of ketones is 2. The standard InChI is InChI=1S/C19H13ClO5/c1-11-10-16(22)18(19(23)24-11)15(21)8-6-14-7-9-17(25-14)12-2-4-13(20)5-3-12/h2-10,18H,1H3. The summed E-state index contributed by atoms with van der Waals surface area (Å²) >= 11 is 5.85. The van der Waals surface area contributed by atoms with E-state index < -0.39 is 23.5 Å². The average Bonchev–Trinajstić information content (AvgIpc) is 3.01. The monoisotopic (exact) mass is 356 g/mol. The Morgan fingerprint density at radius 1 is 1.12 bits per heavy atom. The smallest absolute Gasteiger partial charge is 0.329 e. The summed E-state index contributed by atoms with van der Waals surface area (Å²) in [5.74, 6) is -2.33. The van der Waals surface area contributed by atoms with Crippen LogP contribution >= 0.6 is 11.6 Å². The summed E-state index contributed by atoms with van der Waals surface area (Å²) in [6.07, 6.45) is 3.69. The zero-order chi connectivity index (χ0) is 18.0. The molecule has 0 saturated carbocycles. The van der Waals surface area contributed by atoms with Crippen LogP contribution in [0.25, 0.3) is 17.4 Å². The van der Waals surface area contributed by atoms with E-state index in [1.54, 1.807) is 24.3 Å². The van der Waals surface area contributed by atoms with Crippen molar-refractivity contribution in [2.24, 2.45) is 5.92 Å². The molecule has 126 valence electrons. The highest BCUT2D eigenvalue weighted by molar-refractivity contribution is 6.30. The molecule has 0 spiro atoms. The van der Waals surface area contributed by atoms with E-state index in [2.05, 4.69) is 0 Å².